The van der Waals surface area contributed by atoms with E-state index in [1.807, 2.05) is 36.4 Å². The molecule has 0 spiro atoms. The predicted octanol–water partition coefficient (Wildman–Crippen LogP) is 5.19. The van der Waals surface area contributed by atoms with E-state index < -0.39 is 0 Å². The third-order valence-corrected chi connectivity index (χ3v) is 5.43. The van der Waals surface area contributed by atoms with E-state index in [4.69, 9.17) is 0 Å². The maximum atomic E-state index is 12.4. The van der Waals surface area contributed by atoms with Gasteiger partial charge >= 0.3 is 0 Å². The van der Waals surface area contributed by atoms with Gasteiger partial charge in [0.25, 0.3) is 11.8 Å². The minimum Gasteiger partial charge on any atom is -0.352 e. The third kappa shape index (κ3) is 8.03. The summed E-state index contributed by atoms with van der Waals surface area (Å²) >= 11 is 0. The number of nitrogens with one attached hydrogen (secondary N) is 2. The van der Waals surface area contributed by atoms with Crippen LogP contribution in [-0.4, -0.2) is 24.9 Å². The number of rotatable bonds is 12. The Kier molecular flexibility index (Phi) is 9.53. The number of aryl methyl sites for hydroxylation is 2. The Labute approximate surface area is 191 Å². The van der Waals surface area contributed by atoms with Crippen molar-refractivity contribution in [1.82, 2.24) is 10.6 Å². The second-order valence-electron chi connectivity index (χ2n) is 7.98. The van der Waals surface area contributed by atoms with Crippen LogP contribution in [0, 0.1) is 0 Å². The summed E-state index contributed by atoms with van der Waals surface area (Å²) in [5, 5.41) is 5.91. The van der Waals surface area contributed by atoms with E-state index in [9.17, 15) is 9.59 Å². The first-order chi connectivity index (χ1) is 15.7. The lowest BCUT2D eigenvalue weighted by Gasteiger charge is -2.08. The summed E-state index contributed by atoms with van der Waals surface area (Å²) in [5.41, 5.74) is 3.67. The summed E-state index contributed by atoms with van der Waals surface area (Å²) in [6.45, 7) is 1.26. The first kappa shape index (κ1) is 23.3. The normalized spacial score (nSPS) is 10.5. The van der Waals surface area contributed by atoms with Crippen molar-refractivity contribution in [3.05, 3.63) is 107 Å². The second-order valence-corrected chi connectivity index (χ2v) is 7.98. The molecule has 2 N–H and O–H groups in total. The van der Waals surface area contributed by atoms with Gasteiger partial charge in [0, 0.05) is 24.2 Å². The highest BCUT2D eigenvalue weighted by atomic mass is 16.2. The average Bonchev–Trinajstić information content (AvgIpc) is 2.84. The van der Waals surface area contributed by atoms with Crippen LogP contribution in [0.1, 0.15) is 57.5 Å². The molecule has 0 saturated heterocycles. The largest absolute Gasteiger partial charge is 0.352 e. The van der Waals surface area contributed by atoms with E-state index in [0.29, 0.717) is 24.2 Å². The van der Waals surface area contributed by atoms with Gasteiger partial charge in [-0.15, -0.1) is 0 Å². The maximum absolute atomic E-state index is 12.4. The van der Waals surface area contributed by atoms with Crippen LogP contribution >= 0.6 is 0 Å². The summed E-state index contributed by atoms with van der Waals surface area (Å²) in [6, 6.07) is 27.6. The van der Waals surface area contributed by atoms with Crippen molar-refractivity contribution in [2.45, 2.75) is 38.5 Å². The molecule has 0 aliphatic heterocycles. The minimum atomic E-state index is -0.137. The second kappa shape index (κ2) is 13.1. The molecule has 0 aromatic heterocycles. The van der Waals surface area contributed by atoms with Crippen molar-refractivity contribution in [3.63, 3.8) is 0 Å². The SMILES string of the molecule is O=C(NCCCCc1ccccc1)c1cccc(C(=O)NCCCCc2ccccc2)c1. The topological polar surface area (TPSA) is 58.2 Å². The Bertz CT molecular complexity index is 894. The fourth-order valence-corrected chi connectivity index (χ4v) is 3.61. The van der Waals surface area contributed by atoms with Crippen LogP contribution in [-0.2, 0) is 12.8 Å². The summed E-state index contributed by atoms with van der Waals surface area (Å²) in [7, 11) is 0. The molecule has 166 valence electrons. The summed E-state index contributed by atoms with van der Waals surface area (Å²) in [6.07, 6.45) is 5.91. The fraction of sp³-hybridized carbons (Fsp3) is 0.286. The van der Waals surface area contributed by atoms with Crippen molar-refractivity contribution in [1.29, 1.82) is 0 Å². The Morgan fingerprint density at radius 2 is 0.969 bits per heavy atom. The van der Waals surface area contributed by atoms with Gasteiger partial charge < -0.3 is 10.6 Å². The van der Waals surface area contributed by atoms with Crippen LogP contribution in [0.3, 0.4) is 0 Å². The molecule has 0 atom stereocenters. The number of carbonyl (C=O) groups excluding carboxylic acids is 2. The van der Waals surface area contributed by atoms with Gasteiger partial charge in [-0.3, -0.25) is 9.59 Å². The van der Waals surface area contributed by atoms with Crippen LogP contribution in [0.4, 0.5) is 0 Å². The predicted molar refractivity (Wildman–Crippen MR) is 130 cm³/mol. The number of amides is 2. The lowest BCUT2D eigenvalue weighted by molar-refractivity contribution is 0.0952. The molecular formula is C28H32N2O2. The van der Waals surface area contributed by atoms with Crippen LogP contribution in [0.2, 0.25) is 0 Å². The van der Waals surface area contributed by atoms with E-state index in [1.54, 1.807) is 24.3 Å². The van der Waals surface area contributed by atoms with E-state index in [-0.39, 0.29) is 11.8 Å². The zero-order valence-electron chi connectivity index (χ0n) is 18.6. The summed E-state index contributed by atoms with van der Waals surface area (Å²) in [4.78, 5) is 24.9. The number of hydrogen-bond donors (Lipinski definition) is 2. The van der Waals surface area contributed by atoms with Gasteiger partial charge in [-0.1, -0.05) is 66.7 Å². The van der Waals surface area contributed by atoms with Gasteiger partial charge in [-0.05, 0) is 67.9 Å². The van der Waals surface area contributed by atoms with E-state index in [2.05, 4.69) is 34.9 Å². The fourth-order valence-electron chi connectivity index (χ4n) is 3.61. The van der Waals surface area contributed by atoms with Crippen LogP contribution < -0.4 is 10.6 Å². The smallest absolute Gasteiger partial charge is 0.251 e. The summed E-state index contributed by atoms with van der Waals surface area (Å²) in [5.74, 6) is -0.274. The quantitative estimate of drug-likeness (QED) is 0.390. The molecule has 3 aromatic carbocycles. The molecule has 0 unspecified atom stereocenters. The average molecular weight is 429 g/mol. The zero-order chi connectivity index (χ0) is 22.4. The molecule has 4 heteroatoms. The van der Waals surface area contributed by atoms with Gasteiger partial charge in [-0.25, -0.2) is 0 Å². The Hall–Kier alpha value is -3.40. The number of unbranched alkanes of at least 4 members (excludes halogenated alkanes) is 2. The van der Waals surface area contributed by atoms with E-state index >= 15 is 0 Å². The van der Waals surface area contributed by atoms with Crippen molar-refractivity contribution in [2.75, 3.05) is 13.1 Å². The molecule has 0 aliphatic carbocycles. The molecular weight excluding hydrogens is 396 g/mol. The molecule has 0 aliphatic rings. The first-order valence-electron chi connectivity index (χ1n) is 11.5. The molecule has 4 nitrogen and oxygen atoms in total. The van der Waals surface area contributed by atoms with Crippen molar-refractivity contribution < 1.29 is 9.59 Å². The maximum Gasteiger partial charge on any atom is 0.251 e. The first-order valence-corrected chi connectivity index (χ1v) is 11.5. The van der Waals surface area contributed by atoms with Crippen molar-refractivity contribution in [3.8, 4) is 0 Å². The zero-order valence-corrected chi connectivity index (χ0v) is 18.6. The lowest BCUT2D eigenvalue weighted by Crippen LogP contribution is -2.27. The molecule has 3 aromatic rings. The molecule has 0 fully saturated rings. The van der Waals surface area contributed by atoms with Gasteiger partial charge in [0.2, 0.25) is 0 Å². The minimum absolute atomic E-state index is 0.137. The van der Waals surface area contributed by atoms with Crippen LogP contribution in [0.15, 0.2) is 84.9 Å². The van der Waals surface area contributed by atoms with E-state index in [0.717, 1.165) is 38.5 Å². The molecule has 0 bridgehead atoms. The Morgan fingerprint density at radius 1 is 0.531 bits per heavy atom. The van der Waals surface area contributed by atoms with Crippen LogP contribution in [0.25, 0.3) is 0 Å². The van der Waals surface area contributed by atoms with Gasteiger partial charge in [0.05, 0.1) is 0 Å². The monoisotopic (exact) mass is 428 g/mol. The van der Waals surface area contributed by atoms with Gasteiger partial charge in [0.1, 0.15) is 0 Å². The molecule has 2 amide bonds. The molecule has 0 heterocycles. The van der Waals surface area contributed by atoms with Crippen molar-refractivity contribution >= 4 is 11.8 Å². The Balaban J connectivity index is 1.34. The number of benzene rings is 3. The van der Waals surface area contributed by atoms with Crippen molar-refractivity contribution in [2.24, 2.45) is 0 Å². The Morgan fingerprint density at radius 3 is 1.41 bits per heavy atom. The summed E-state index contributed by atoms with van der Waals surface area (Å²) < 4.78 is 0. The molecule has 3 rings (SSSR count). The molecule has 0 radical (unpaired) electrons. The third-order valence-electron chi connectivity index (χ3n) is 5.43. The standard InChI is InChI=1S/C28H32N2O2/c31-27(29-20-9-7-16-23-12-3-1-4-13-23)25-18-11-19-26(22-25)28(32)30-21-10-8-17-24-14-5-2-6-15-24/h1-6,11-15,18-19,22H,7-10,16-17,20-21H2,(H,29,31)(H,30,32). The highest BCUT2D eigenvalue weighted by Crippen LogP contribution is 2.08. The van der Waals surface area contributed by atoms with Gasteiger partial charge in [-0.2, -0.15) is 0 Å². The highest BCUT2D eigenvalue weighted by molar-refractivity contribution is 5.99. The molecule has 32 heavy (non-hydrogen) atoms. The molecule has 0 saturated carbocycles. The number of hydrogen-bond acceptors (Lipinski definition) is 2. The lowest BCUT2D eigenvalue weighted by atomic mass is 10.1. The highest BCUT2D eigenvalue weighted by Gasteiger charge is 2.10. The van der Waals surface area contributed by atoms with Gasteiger partial charge in [0.15, 0.2) is 0 Å². The van der Waals surface area contributed by atoms with E-state index in [1.165, 1.54) is 11.1 Å². The van der Waals surface area contributed by atoms with Crippen LogP contribution in [0.5, 0.6) is 0 Å². The number of carbonyl (C=O) groups is 2.